The first kappa shape index (κ1) is 9.33. The maximum absolute atomic E-state index is 6.12. The molecule has 2 aliphatic rings. The second kappa shape index (κ2) is 3.30. The molecule has 0 radical (unpaired) electrons. The van der Waals surface area contributed by atoms with Gasteiger partial charge >= 0.3 is 0 Å². The third-order valence-corrected chi connectivity index (χ3v) is 3.27. The minimum atomic E-state index is -0.0361. The Hall–Kier alpha value is -0.900. The molecular formula is C12H15NO2. The summed E-state index contributed by atoms with van der Waals surface area (Å²) in [6.07, 6.45) is 2.32. The summed E-state index contributed by atoms with van der Waals surface area (Å²) < 4.78 is 10.6. The molecule has 80 valence electrons. The standard InChI is InChI=1S/C12H15NO2/c13-12(5-6-12)10-3-1-9(2-4-10)11-7-14-8-15-11/h1-4,11H,5-8,13H2. The number of ether oxygens (including phenoxy) is 2. The van der Waals surface area contributed by atoms with Crippen molar-refractivity contribution in [3.8, 4) is 0 Å². The van der Waals surface area contributed by atoms with Gasteiger partial charge in [0.15, 0.2) is 0 Å². The third-order valence-electron chi connectivity index (χ3n) is 3.27. The van der Waals surface area contributed by atoms with Gasteiger partial charge in [0.1, 0.15) is 12.9 Å². The minimum Gasteiger partial charge on any atom is -0.352 e. The summed E-state index contributed by atoms with van der Waals surface area (Å²) in [4.78, 5) is 0. The van der Waals surface area contributed by atoms with E-state index in [2.05, 4.69) is 24.3 Å². The fourth-order valence-electron chi connectivity index (χ4n) is 1.98. The predicted molar refractivity (Wildman–Crippen MR) is 56.2 cm³/mol. The van der Waals surface area contributed by atoms with Crippen molar-refractivity contribution in [2.24, 2.45) is 5.73 Å². The second-order valence-electron chi connectivity index (χ2n) is 4.42. The van der Waals surface area contributed by atoms with E-state index in [0.29, 0.717) is 13.4 Å². The first-order valence-electron chi connectivity index (χ1n) is 5.37. The Balaban J connectivity index is 1.81. The highest BCUT2D eigenvalue weighted by molar-refractivity contribution is 5.33. The Labute approximate surface area is 89.2 Å². The van der Waals surface area contributed by atoms with Crippen LogP contribution in [0.5, 0.6) is 0 Å². The molecule has 1 aromatic carbocycles. The fraction of sp³-hybridized carbons (Fsp3) is 0.500. The first-order chi connectivity index (χ1) is 7.28. The molecule has 3 nitrogen and oxygen atoms in total. The summed E-state index contributed by atoms with van der Waals surface area (Å²) in [5, 5.41) is 0. The van der Waals surface area contributed by atoms with Crippen LogP contribution in [0.2, 0.25) is 0 Å². The molecule has 0 spiro atoms. The Morgan fingerprint density at radius 3 is 2.47 bits per heavy atom. The summed E-state index contributed by atoms with van der Waals surface area (Å²) in [5.74, 6) is 0. The highest BCUT2D eigenvalue weighted by Gasteiger charge is 2.39. The molecule has 0 bridgehead atoms. The summed E-state index contributed by atoms with van der Waals surface area (Å²) in [6, 6.07) is 8.43. The average Bonchev–Trinajstić information content (AvgIpc) is 2.84. The maximum Gasteiger partial charge on any atom is 0.147 e. The van der Waals surface area contributed by atoms with E-state index in [0.717, 1.165) is 12.8 Å². The second-order valence-corrected chi connectivity index (χ2v) is 4.42. The molecule has 1 unspecified atom stereocenters. The zero-order valence-electron chi connectivity index (χ0n) is 8.61. The zero-order chi connectivity index (χ0) is 10.3. The number of rotatable bonds is 2. The van der Waals surface area contributed by atoms with Crippen LogP contribution in [0.25, 0.3) is 0 Å². The molecule has 0 aromatic heterocycles. The van der Waals surface area contributed by atoms with Crippen molar-refractivity contribution in [3.05, 3.63) is 35.4 Å². The number of benzene rings is 1. The van der Waals surface area contributed by atoms with Gasteiger partial charge in [0.2, 0.25) is 0 Å². The van der Waals surface area contributed by atoms with Gasteiger partial charge in [-0.1, -0.05) is 24.3 Å². The molecule has 3 heteroatoms. The Kier molecular flexibility index (Phi) is 2.06. The molecule has 1 saturated heterocycles. The van der Waals surface area contributed by atoms with Crippen LogP contribution in [0.15, 0.2) is 24.3 Å². The fourth-order valence-corrected chi connectivity index (χ4v) is 1.98. The molecule has 1 aliphatic carbocycles. The van der Waals surface area contributed by atoms with Gasteiger partial charge in [-0.15, -0.1) is 0 Å². The molecule has 0 amide bonds. The van der Waals surface area contributed by atoms with Crippen LogP contribution < -0.4 is 5.73 Å². The molecule has 15 heavy (non-hydrogen) atoms. The number of hydrogen-bond donors (Lipinski definition) is 1. The SMILES string of the molecule is NC1(c2ccc(C3COCO3)cc2)CC1. The van der Waals surface area contributed by atoms with E-state index in [9.17, 15) is 0 Å². The van der Waals surface area contributed by atoms with Crippen LogP contribution in [0.4, 0.5) is 0 Å². The lowest BCUT2D eigenvalue weighted by Crippen LogP contribution is -2.18. The van der Waals surface area contributed by atoms with Crippen molar-refractivity contribution in [1.29, 1.82) is 0 Å². The van der Waals surface area contributed by atoms with Crippen LogP contribution in [0, 0.1) is 0 Å². The normalized spacial score (nSPS) is 27.9. The number of hydrogen-bond acceptors (Lipinski definition) is 3. The van der Waals surface area contributed by atoms with Gasteiger partial charge in [-0.05, 0) is 24.0 Å². The highest BCUT2D eigenvalue weighted by atomic mass is 16.7. The lowest BCUT2D eigenvalue weighted by Gasteiger charge is -2.12. The smallest absolute Gasteiger partial charge is 0.147 e. The Morgan fingerprint density at radius 2 is 1.93 bits per heavy atom. The maximum atomic E-state index is 6.12. The van der Waals surface area contributed by atoms with E-state index in [1.807, 2.05) is 0 Å². The molecule has 1 aliphatic heterocycles. The lowest BCUT2D eigenvalue weighted by molar-refractivity contribution is 0.0466. The topological polar surface area (TPSA) is 44.5 Å². The summed E-state index contributed by atoms with van der Waals surface area (Å²) in [5.41, 5.74) is 8.50. The Bertz CT molecular complexity index is 350. The molecule has 2 fully saturated rings. The van der Waals surface area contributed by atoms with Gasteiger partial charge in [-0.2, -0.15) is 0 Å². The van der Waals surface area contributed by atoms with E-state index < -0.39 is 0 Å². The van der Waals surface area contributed by atoms with Crippen molar-refractivity contribution >= 4 is 0 Å². The van der Waals surface area contributed by atoms with Crippen LogP contribution >= 0.6 is 0 Å². The van der Waals surface area contributed by atoms with Crippen molar-refractivity contribution < 1.29 is 9.47 Å². The summed E-state index contributed by atoms with van der Waals surface area (Å²) >= 11 is 0. The molecule has 3 rings (SSSR count). The predicted octanol–water partition coefficient (Wildman–Crippen LogP) is 1.68. The highest BCUT2D eigenvalue weighted by Crippen LogP contribution is 2.42. The summed E-state index contributed by atoms with van der Waals surface area (Å²) in [7, 11) is 0. The van der Waals surface area contributed by atoms with Crippen LogP contribution in [-0.2, 0) is 15.0 Å². The largest absolute Gasteiger partial charge is 0.352 e. The van der Waals surface area contributed by atoms with Crippen LogP contribution in [0.1, 0.15) is 30.1 Å². The quantitative estimate of drug-likeness (QED) is 0.799. The van der Waals surface area contributed by atoms with E-state index in [1.165, 1.54) is 11.1 Å². The van der Waals surface area contributed by atoms with Gasteiger partial charge in [0.05, 0.1) is 6.61 Å². The van der Waals surface area contributed by atoms with E-state index in [1.54, 1.807) is 0 Å². The zero-order valence-corrected chi connectivity index (χ0v) is 8.61. The van der Waals surface area contributed by atoms with Crippen LogP contribution in [-0.4, -0.2) is 13.4 Å². The minimum absolute atomic E-state index is 0.0361. The van der Waals surface area contributed by atoms with Gasteiger partial charge in [-0.3, -0.25) is 0 Å². The van der Waals surface area contributed by atoms with Gasteiger partial charge < -0.3 is 15.2 Å². The molecular weight excluding hydrogens is 190 g/mol. The average molecular weight is 205 g/mol. The molecule has 1 aromatic rings. The van der Waals surface area contributed by atoms with Crippen molar-refractivity contribution in [2.45, 2.75) is 24.5 Å². The molecule has 2 N–H and O–H groups in total. The molecule has 1 saturated carbocycles. The van der Waals surface area contributed by atoms with E-state index in [-0.39, 0.29) is 11.6 Å². The lowest BCUT2D eigenvalue weighted by atomic mass is 10.0. The van der Waals surface area contributed by atoms with Gasteiger partial charge in [0, 0.05) is 5.54 Å². The van der Waals surface area contributed by atoms with Gasteiger partial charge in [-0.25, -0.2) is 0 Å². The van der Waals surface area contributed by atoms with Crippen LogP contribution in [0.3, 0.4) is 0 Å². The van der Waals surface area contributed by atoms with Crippen molar-refractivity contribution in [3.63, 3.8) is 0 Å². The summed E-state index contributed by atoms with van der Waals surface area (Å²) in [6.45, 7) is 1.07. The first-order valence-corrected chi connectivity index (χ1v) is 5.37. The van der Waals surface area contributed by atoms with Crippen molar-refractivity contribution in [2.75, 3.05) is 13.4 Å². The monoisotopic (exact) mass is 205 g/mol. The van der Waals surface area contributed by atoms with E-state index in [4.69, 9.17) is 15.2 Å². The third kappa shape index (κ3) is 1.67. The van der Waals surface area contributed by atoms with E-state index >= 15 is 0 Å². The number of nitrogens with two attached hydrogens (primary N) is 1. The van der Waals surface area contributed by atoms with Crippen molar-refractivity contribution in [1.82, 2.24) is 0 Å². The van der Waals surface area contributed by atoms with Gasteiger partial charge in [0.25, 0.3) is 0 Å². The molecule has 1 heterocycles. The molecule has 1 atom stereocenters. The Morgan fingerprint density at radius 1 is 1.20 bits per heavy atom.